The number of likely N-dealkylation sites (tertiary alicyclic amines) is 1. The predicted molar refractivity (Wildman–Crippen MR) is 98.9 cm³/mol. The van der Waals surface area contributed by atoms with Gasteiger partial charge in [-0.2, -0.15) is 5.10 Å². The molecule has 1 aromatic carbocycles. The number of hydrogen-bond acceptors (Lipinski definition) is 3. The van der Waals surface area contributed by atoms with Gasteiger partial charge in [-0.3, -0.25) is 14.4 Å². The summed E-state index contributed by atoms with van der Waals surface area (Å²) in [5.74, 6) is 0.831. The molecule has 1 fully saturated rings. The summed E-state index contributed by atoms with van der Waals surface area (Å²) in [5.41, 5.74) is 1.37. The maximum Gasteiger partial charge on any atom is 0.222 e. The van der Waals surface area contributed by atoms with Gasteiger partial charge in [0.15, 0.2) is 0 Å². The molecule has 0 spiro atoms. The number of aryl methyl sites for hydroxylation is 1. The average molecular weight is 340 g/mol. The van der Waals surface area contributed by atoms with Gasteiger partial charge in [0.25, 0.3) is 0 Å². The molecule has 1 aromatic heterocycles. The zero-order valence-corrected chi connectivity index (χ0v) is 15.1. The van der Waals surface area contributed by atoms with E-state index in [9.17, 15) is 4.79 Å². The van der Waals surface area contributed by atoms with Crippen molar-refractivity contribution in [3.05, 3.63) is 54.4 Å². The molecule has 2 heterocycles. The second-order valence-electron chi connectivity index (χ2n) is 7.02. The largest absolute Gasteiger partial charge is 0.345 e. The first-order valence-electron chi connectivity index (χ1n) is 9.18. The van der Waals surface area contributed by atoms with Crippen molar-refractivity contribution in [3.8, 4) is 0 Å². The lowest BCUT2D eigenvalue weighted by atomic mass is 10.1. The standard InChI is InChI=1S/C20H28N4O/c1-22(20(25)9-5-12-24-13-6-11-21-24)15-19-10-14-23(17-19)16-18-7-3-2-4-8-18/h2-4,6-8,11,13,19H,5,9-10,12,14-17H2,1H3/t19-/m1/s1. The Balaban J connectivity index is 1.36. The summed E-state index contributed by atoms with van der Waals surface area (Å²) in [7, 11) is 1.94. The first-order valence-corrected chi connectivity index (χ1v) is 9.18. The van der Waals surface area contributed by atoms with Gasteiger partial charge in [0, 0.05) is 52.0 Å². The fraction of sp³-hybridized carbons (Fsp3) is 0.500. The molecule has 25 heavy (non-hydrogen) atoms. The number of hydrogen-bond donors (Lipinski definition) is 0. The van der Waals surface area contributed by atoms with Crippen molar-refractivity contribution in [2.75, 3.05) is 26.7 Å². The van der Waals surface area contributed by atoms with E-state index in [0.29, 0.717) is 12.3 Å². The highest BCUT2D eigenvalue weighted by atomic mass is 16.2. The minimum absolute atomic E-state index is 0.244. The van der Waals surface area contributed by atoms with E-state index in [2.05, 4.69) is 40.3 Å². The average Bonchev–Trinajstić information content (AvgIpc) is 3.28. The second-order valence-corrected chi connectivity index (χ2v) is 7.02. The molecule has 1 amide bonds. The molecule has 2 aromatic rings. The number of aromatic nitrogens is 2. The monoisotopic (exact) mass is 340 g/mol. The molecule has 1 saturated heterocycles. The van der Waals surface area contributed by atoms with E-state index >= 15 is 0 Å². The summed E-state index contributed by atoms with van der Waals surface area (Å²) in [4.78, 5) is 16.7. The van der Waals surface area contributed by atoms with E-state index in [1.54, 1.807) is 6.20 Å². The summed E-state index contributed by atoms with van der Waals surface area (Å²) in [5, 5.41) is 4.17. The van der Waals surface area contributed by atoms with Crippen LogP contribution in [-0.2, 0) is 17.9 Å². The molecule has 3 rings (SSSR count). The van der Waals surface area contributed by atoms with E-state index < -0.39 is 0 Å². The maximum absolute atomic E-state index is 12.3. The van der Waals surface area contributed by atoms with Crippen LogP contribution in [0, 0.1) is 5.92 Å². The molecule has 0 unspecified atom stereocenters. The van der Waals surface area contributed by atoms with Gasteiger partial charge in [0.2, 0.25) is 5.91 Å². The minimum atomic E-state index is 0.244. The molecule has 1 aliphatic heterocycles. The van der Waals surface area contributed by atoms with Crippen molar-refractivity contribution in [3.63, 3.8) is 0 Å². The minimum Gasteiger partial charge on any atom is -0.345 e. The summed E-state index contributed by atoms with van der Waals surface area (Å²) < 4.78 is 1.88. The number of carbonyl (C=O) groups excluding carboxylic acids is 1. The van der Waals surface area contributed by atoms with Crippen molar-refractivity contribution in [2.45, 2.75) is 32.4 Å². The Kier molecular flexibility index (Phi) is 6.23. The topological polar surface area (TPSA) is 41.4 Å². The van der Waals surface area contributed by atoms with E-state index in [0.717, 1.165) is 39.1 Å². The number of benzene rings is 1. The fourth-order valence-electron chi connectivity index (χ4n) is 3.55. The Morgan fingerprint density at radius 2 is 2.12 bits per heavy atom. The zero-order valence-electron chi connectivity index (χ0n) is 15.1. The van der Waals surface area contributed by atoms with Crippen LogP contribution < -0.4 is 0 Å². The highest BCUT2D eigenvalue weighted by Crippen LogP contribution is 2.19. The smallest absolute Gasteiger partial charge is 0.222 e. The van der Waals surface area contributed by atoms with E-state index in [4.69, 9.17) is 0 Å². The van der Waals surface area contributed by atoms with Crippen LogP contribution >= 0.6 is 0 Å². The fourth-order valence-corrected chi connectivity index (χ4v) is 3.55. The van der Waals surface area contributed by atoms with Gasteiger partial charge in [-0.15, -0.1) is 0 Å². The van der Waals surface area contributed by atoms with Crippen molar-refractivity contribution in [2.24, 2.45) is 5.92 Å². The molecule has 5 heteroatoms. The van der Waals surface area contributed by atoms with Crippen LogP contribution in [0.3, 0.4) is 0 Å². The van der Waals surface area contributed by atoms with Gasteiger partial charge in [0.05, 0.1) is 0 Å². The molecule has 1 aliphatic rings. The van der Waals surface area contributed by atoms with Crippen molar-refractivity contribution in [1.82, 2.24) is 19.6 Å². The first kappa shape index (κ1) is 17.7. The van der Waals surface area contributed by atoms with E-state index in [1.165, 1.54) is 12.0 Å². The molecule has 1 atom stereocenters. The Bertz CT molecular complexity index is 641. The van der Waals surface area contributed by atoms with Crippen LogP contribution in [-0.4, -0.2) is 52.2 Å². The molecule has 0 radical (unpaired) electrons. The molecular weight excluding hydrogens is 312 g/mol. The molecule has 134 valence electrons. The Morgan fingerprint density at radius 3 is 2.88 bits per heavy atom. The van der Waals surface area contributed by atoms with Gasteiger partial charge < -0.3 is 4.90 Å². The highest BCUT2D eigenvalue weighted by Gasteiger charge is 2.24. The number of carbonyl (C=O) groups is 1. The normalized spacial score (nSPS) is 17.7. The van der Waals surface area contributed by atoms with Gasteiger partial charge in [-0.05, 0) is 36.9 Å². The number of amides is 1. The third-order valence-electron chi connectivity index (χ3n) is 4.91. The lowest BCUT2D eigenvalue weighted by Crippen LogP contribution is -2.33. The summed E-state index contributed by atoms with van der Waals surface area (Å²) >= 11 is 0. The van der Waals surface area contributed by atoms with Gasteiger partial charge >= 0.3 is 0 Å². The van der Waals surface area contributed by atoms with Crippen molar-refractivity contribution < 1.29 is 4.79 Å². The summed E-state index contributed by atoms with van der Waals surface area (Å²) in [6.45, 7) is 4.90. The predicted octanol–water partition coefficient (Wildman–Crippen LogP) is 2.64. The number of rotatable bonds is 8. The van der Waals surface area contributed by atoms with Gasteiger partial charge in [-0.1, -0.05) is 30.3 Å². The SMILES string of the molecule is CN(C[C@H]1CCN(Cc2ccccc2)C1)C(=O)CCCn1cccn1. The van der Waals surface area contributed by atoms with Crippen molar-refractivity contribution >= 4 is 5.91 Å². The summed E-state index contributed by atoms with van der Waals surface area (Å²) in [6, 6.07) is 12.5. The molecule has 0 bridgehead atoms. The Labute approximate surface area is 150 Å². The lowest BCUT2D eigenvalue weighted by Gasteiger charge is -2.22. The van der Waals surface area contributed by atoms with E-state index in [1.807, 2.05) is 28.9 Å². The van der Waals surface area contributed by atoms with Crippen LogP contribution in [0.25, 0.3) is 0 Å². The molecule has 5 nitrogen and oxygen atoms in total. The lowest BCUT2D eigenvalue weighted by molar-refractivity contribution is -0.130. The zero-order chi connectivity index (χ0) is 17.5. The Morgan fingerprint density at radius 1 is 1.28 bits per heavy atom. The summed E-state index contributed by atoms with van der Waals surface area (Å²) in [6.07, 6.45) is 6.33. The van der Waals surface area contributed by atoms with Gasteiger partial charge in [-0.25, -0.2) is 0 Å². The van der Waals surface area contributed by atoms with Gasteiger partial charge in [0.1, 0.15) is 0 Å². The third kappa shape index (κ3) is 5.43. The van der Waals surface area contributed by atoms with E-state index in [-0.39, 0.29) is 5.91 Å². The first-order chi connectivity index (χ1) is 12.2. The van der Waals surface area contributed by atoms with Crippen molar-refractivity contribution in [1.29, 1.82) is 0 Å². The second kappa shape index (κ2) is 8.81. The maximum atomic E-state index is 12.3. The van der Waals surface area contributed by atoms with Crippen LogP contribution in [0.4, 0.5) is 0 Å². The molecule has 0 aliphatic carbocycles. The third-order valence-corrected chi connectivity index (χ3v) is 4.91. The quantitative estimate of drug-likeness (QED) is 0.742. The highest BCUT2D eigenvalue weighted by molar-refractivity contribution is 5.75. The Hall–Kier alpha value is -2.14. The molecular formula is C20H28N4O. The van der Waals surface area contributed by atoms with Crippen LogP contribution in [0.2, 0.25) is 0 Å². The van der Waals surface area contributed by atoms with Crippen LogP contribution in [0.1, 0.15) is 24.8 Å². The number of nitrogens with zero attached hydrogens (tertiary/aromatic N) is 4. The molecule has 0 N–H and O–H groups in total. The van der Waals surface area contributed by atoms with Crippen LogP contribution in [0.5, 0.6) is 0 Å². The molecule has 0 saturated carbocycles. The van der Waals surface area contributed by atoms with Crippen LogP contribution in [0.15, 0.2) is 48.8 Å².